The molecule has 4 rings (SSSR count). The number of para-hydroxylation sites is 1. The van der Waals surface area contributed by atoms with Crippen molar-refractivity contribution in [3.05, 3.63) is 77.6 Å². The van der Waals surface area contributed by atoms with Crippen LogP contribution in [0.25, 0.3) is 0 Å². The molecule has 0 N–H and O–H groups in total. The molecule has 0 saturated heterocycles. The molecular weight excluding hydrogens is 345 g/mol. The van der Waals surface area contributed by atoms with Gasteiger partial charge in [0.1, 0.15) is 24.0 Å². The van der Waals surface area contributed by atoms with Crippen molar-refractivity contribution in [2.45, 2.75) is 26.4 Å². The molecule has 0 atom stereocenters. The van der Waals surface area contributed by atoms with E-state index in [9.17, 15) is 9.18 Å². The Hall–Kier alpha value is -3.15. The van der Waals surface area contributed by atoms with Crippen LogP contribution in [0, 0.1) is 5.82 Å². The van der Waals surface area contributed by atoms with Crippen LogP contribution in [0.3, 0.4) is 0 Å². The molecule has 0 fully saturated rings. The van der Waals surface area contributed by atoms with Gasteiger partial charge in [-0.15, -0.1) is 0 Å². The first-order valence-corrected chi connectivity index (χ1v) is 9.02. The number of anilines is 1. The third-order valence-corrected chi connectivity index (χ3v) is 4.70. The maximum absolute atomic E-state index is 13.2. The van der Waals surface area contributed by atoms with Crippen LogP contribution in [0.5, 0.6) is 5.75 Å². The lowest BCUT2D eigenvalue weighted by molar-refractivity contribution is 0.244. The monoisotopic (exact) mass is 365 g/mol. The van der Waals surface area contributed by atoms with E-state index in [0.717, 1.165) is 23.0 Å². The largest absolute Gasteiger partial charge is 0.487 e. The fourth-order valence-electron chi connectivity index (χ4n) is 3.38. The third-order valence-electron chi connectivity index (χ3n) is 4.70. The van der Waals surface area contributed by atoms with E-state index in [1.54, 1.807) is 21.6 Å². The predicted octanol–water partition coefficient (Wildman–Crippen LogP) is 4.19. The van der Waals surface area contributed by atoms with E-state index in [0.29, 0.717) is 31.7 Å². The molecule has 3 aromatic rings. The summed E-state index contributed by atoms with van der Waals surface area (Å²) in [6, 6.07) is 15.4. The molecule has 27 heavy (non-hydrogen) atoms. The number of carbonyl (C=O) groups excluding carboxylic acids is 1. The van der Waals surface area contributed by atoms with E-state index >= 15 is 0 Å². The van der Waals surface area contributed by atoms with Gasteiger partial charge in [-0.05, 0) is 42.8 Å². The second-order valence-corrected chi connectivity index (χ2v) is 6.37. The first-order valence-electron chi connectivity index (χ1n) is 9.02. The Labute approximate surface area is 157 Å². The summed E-state index contributed by atoms with van der Waals surface area (Å²) in [5.74, 6) is 1.20. The Morgan fingerprint density at radius 1 is 1.11 bits per heavy atom. The molecule has 5 nitrogen and oxygen atoms in total. The number of imidazole rings is 1. The van der Waals surface area contributed by atoms with Crippen LogP contribution in [0.1, 0.15) is 24.1 Å². The van der Waals surface area contributed by atoms with E-state index < -0.39 is 0 Å². The number of nitrogens with zero attached hydrogens (tertiary/aromatic N) is 3. The molecule has 1 amide bonds. The van der Waals surface area contributed by atoms with E-state index in [1.807, 2.05) is 37.3 Å². The summed E-state index contributed by atoms with van der Waals surface area (Å²) < 4.78 is 20.7. The summed E-state index contributed by atoms with van der Waals surface area (Å²) in [6.45, 7) is 2.83. The number of aromatic nitrogens is 2. The summed E-state index contributed by atoms with van der Waals surface area (Å²) >= 11 is 0. The lowest BCUT2D eigenvalue weighted by Crippen LogP contribution is -2.42. The fraction of sp³-hybridized carbons (Fsp3) is 0.238. The standard InChI is InChI=1S/C21H20FN3O2/c1-2-19-18(14-27-17-6-4-3-5-7-17)23-20-12-13-24(21(26)25(19)20)16-10-8-15(22)9-11-16/h3-11H,2,12-14H2,1H3. The molecule has 0 aliphatic carbocycles. The van der Waals surface area contributed by atoms with Crippen LogP contribution in [-0.2, 0) is 19.4 Å². The Bertz CT molecular complexity index is 952. The molecule has 138 valence electrons. The summed E-state index contributed by atoms with van der Waals surface area (Å²) in [6.07, 6.45) is 1.31. The topological polar surface area (TPSA) is 47.4 Å². The average Bonchev–Trinajstić information content (AvgIpc) is 3.07. The average molecular weight is 365 g/mol. The Morgan fingerprint density at radius 3 is 2.56 bits per heavy atom. The number of amides is 1. The molecule has 0 radical (unpaired) electrons. The summed E-state index contributed by atoms with van der Waals surface area (Å²) in [5.41, 5.74) is 2.33. The van der Waals surface area contributed by atoms with Crippen molar-refractivity contribution in [1.29, 1.82) is 0 Å². The molecule has 6 heteroatoms. The number of rotatable bonds is 5. The summed E-state index contributed by atoms with van der Waals surface area (Å²) in [7, 11) is 0. The van der Waals surface area contributed by atoms with Crippen LogP contribution in [0.2, 0.25) is 0 Å². The predicted molar refractivity (Wildman–Crippen MR) is 101 cm³/mol. The van der Waals surface area contributed by atoms with E-state index in [2.05, 4.69) is 4.98 Å². The van der Waals surface area contributed by atoms with Gasteiger partial charge in [0.15, 0.2) is 0 Å². The molecule has 2 heterocycles. The summed E-state index contributed by atoms with van der Waals surface area (Å²) in [5, 5.41) is 0. The van der Waals surface area contributed by atoms with Gasteiger partial charge in [0.25, 0.3) is 0 Å². The zero-order chi connectivity index (χ0) is 18.8. The zero-order valence-corrected chi connectivity index (χ0v) is 15.1. The van der Waals surface area contributed by atoms with Gasteiger partial charge in [-0.2, -0.15) is 0 Å². The lowest BCUT2D eigenvalue weighted by Gasteiger charge is -2.28. The van der Waals surface area contributed by atoms with Crippen molar-refractivity contribution in [2.24, 2.45) is 0 Å². The highest BCUT2D eigenvalue weighted by Crippen LogP contribution is 2.25. The number of halogens is 1. The third kappa shape index (κ3) is 3.30. The highest BCUT2D eigenvalue weighted by atomic mass is 19.1. The Morgan fingerprint density at radius 2 is 1.85 bits per heavy atom. The molecule has 0 spiro atoms. The van der Waals surface area contributed by atoms with Crippen LogP contribution in [-0.4, -0.2) is 22.1 Å². The molecule has 0 unspecified atom stereocenters. The van der Waals surface area contributed by atoms with E-state index in [1.165, 1.54) is 12.1 Å². The highest BCUT2D eigenvalue weighted by molar-refractivity contribution is 5.95. The first kappa shape index (κ1) is 17.3. The van der Waals surface area contributed by atoms with Gasteiger partial charge >= 0.3 is 6.03 Å². The second kappa shape index (κ2) is 7.23. The Balaban J connectivity index is 1.61. The maximum atomic E-state index is 13.2. The van der Waals surface area contributed by atoms with Gasteiger partial charge < -0.3 is 4.74 Å². The van der Waals surface area contributed by atoms with Crippen molar-refractivity contribution >= 4 is 11.7 Å². The lowest BCUT2D eigenvalue weighted by atomic mass is 10.2. The quantitative estimate of drug-likeness (QED) is 0.681. The smallest absolute Gasteiger partial charge is 0.334 e. The molecule has 1 aliphatic heterocycles. The van der Waals surface area contributed by atoms with Crippen LogP contribution >= 0.6 is 0 Å². The van der Waals surface area contributed by atoms with Gasteiger partial charge in [0.2, 0.25) is 0 Å². The van der Waals surface area contributed by atoms with Crippen molar-refractivity contribution in [3.63, 3.8) is 0 Å². The maximum Gasteiger partial charge on any atom is 0.334 e. The molecule has 1 aromatic heterocycles. The van der Waals surface area contributed by atoms with E-state index in [-0.39, 0.29) is 11.8 Å². The molecular formula is C21H20FN3O2. The van der Waals surface area contributed by atoms with Gasteiger partial charge in [-0.3, -0.25) is 9.47 Å². The van der Waals surface area contributed by atoms with Gasteiger partial charge in [-0.1, -0.05) is 25.1 Å². The zero-order valence-electron chi connectivity index (χ0n) is 15.1. The van der Waals surface area contributed by atoms with Crippen LogP contribution in [0.4, 0.5) is 14.9 Å². The number of carbonyl (C=O) groups is 1. The highest BCUT2D eigenvalue weighted by Gasteiger charge is 2.30. The normalized spacial score (nSPS) is 13.6. The van der Waals surface area contributed by atoms with Crippen LogP contribution in [0.15, 0.2) is 54.6 Å². The molecule has 0 bridgehead atoms. The number of hydrogen-bond acceptors (Lipinski definition) is 3. The molecule has 1 aliphatic rings. The van der Waals surface area contributed by atoms with Gasteiger partial charge in [0.05, 0.1) is 11.4 Å². The second-order valence-electron chi connectivity index (χ2n) is 6.37. The van der Waals surface area contributed by atoms with Gasteiger partial charge in [-0.25, -0.2) is 14.2 Å². The number of ether oxygens (including phenoxy) is 1. The Kier molecular flexibility index (Phi) is 4.62. The molecule has 0 saturated carbocycles. The van der Waals surface area contributed by atoms with Crippen LogP contribution < -0.4 is 9.64 Å². The van der Waals surface area contributed by atoms with Crippen molar-refractivity contribution < 1.29 is 13.9 Å². The van der Waals surface area contributed by atoms with Gasteiger partial charge in [0, 0.05) is 18.7 Å². The minimum absolute atomic E-state index is 0.154. The molecule has 2 aromatic carbocycles. The SMILES string of the molecule is CCc1c(COc2ccccc2)nc2n1C(=O)N(c1ccc(F)cc1)CC2. The van der Waals surface area contributed by atoms with Crippen molar-refractivity contribution in [3.8, 4) is 5.75 Å². The summed E-state index contributed by atoms with van der Waals surface area (Å²) in [4.78, 5) is 19.4. The minimum atomic E-state index is -0.318. The van der Waals surface area contributed by atoms with E-state index in [4.69, 9.17) is 4.74 Å². The van der Waals surface area contributed by atoms with Crippen molar-refractivity contribution in [2.75, 3.05) is 11.4 Å². The minimum Gasteiger partial charge on any atom is -0.487 e. The van der Waals surface area contributed by atoms with Crippen molar-refractivity contribution in [1.82, 2.24) is 9.55 Å². The fourth-order valence-corrected chi connectivity index (χ4v) is 3.38. The number of fused-ring (bicyclic) bond motifs is 1. The number of benzene rings is 2. The first-order chi connectivity index (χ1) is 13.2. The number of hydrogen-bond donors (Lipinski definition) is 0.